The SMILES string of the molecule is CCC(F)(F)F.Cc1c(C2CC(F)(F)C2)nn(C(C)(C)C)c1NC(=O)O. The molecule has 0 bridgehead atoms. The van der Waals surface area contributed by atoms with Gasteiger partial charge in [0.1, 0.15) is 5.82 Å². The van der Waals surface area contributed by atoms with Crippen LogP contribution in [0.3, 0.4) is 0 Å². The molecule has 150 valence electrons. The van der Waals surface area contributed by atoms with Crippen LogP contribution < -0.4 is 5.32 Å². The highest BCUT2D eigenvalue weighted by Crippen LogP contribution is 2.49. The van der Waals surface area contributed by atoms with Crippen LogP contribution in [0.5, 0.6) is 0 Å². The van der Waals surface area contributed by atoms with Crippen LogP contribution in [-0.4, -0.2) is 33.1 Å². The number of rotatable bonds is 2. The first-order chi connectivity index (χ1) is 11.6. The number of alkyl halides is 5. The lowest BCUT2D eigenvalue weighted by Gasteiger charge is -2.34. The first-order valence-corrected chi connectivity index (χ1v) is 8.12. The molecule has 1 aliphatic rings. The maximum absolute atomic E-state index is 13.0. The minimum absolute atomic E-state index is 0.221. The highest BCUT2D eigenvalue weighted by atomic mass is 19.4. The zero-order chi connectivity index (χ0) is 20.5. The summed E-state index contributed by atoms with van der Waals surface area (Å²) in [5.74, 6) is -2.57. The summed E-state index contributed by atoms with van der Waals surface area (Å²) in [5.41, 5.74) is 0.755. The Kier molecular flexibility index (Phi) is 6.31. The van der Waals surface area contributed by atoms with E-state index in [0.717, 1.165) is 6.92 Å². The molecule has 1 amide bonds. The summed E-state index contributed by atoms with van der Waals surface area (Å²) in [7, 11) is 0. The molecule has 5 nitrogen and oxygen atoms in total. The molecule has 0 radical (unpaired) electrons. The van der Waals surface area contributed by atoms with Crippen molar-refractivity contribution < 1.29 is 31.9 Å². The molecule has 10 heteroatoms. The molecule has 0 unspecified atom stereocenters. The average Bonchev–Trinajstić information content (AvgIpc) is 2.72. The third-order valence-electron chi connectivity index (χ3n) is 3.90. The Hall–Kier alpha value is -1.87. The second-order valence-electron chi connectivity index (χ2n) is 7.30. The van der Waals surface area contributed by atoms with E-state index >= 15 is 0 Å². The first kappa shape index (κ1) is 22.2. The van der Waals surface area contributed by atoms with Gasteiger partial charge in [0, 0.05) is 30.7 Å². The Morgan fingerprint density at radius 3 is 2.08 bits per heavy atom. The topological polar surface area (TPSA) is 67.2 Å². The molecule has 0 aromatic carbocycles. The number of nitrogens with one attached hydrogen (secondary N) is 1. The van der Waals surface area contributed by atoms with Gasteiger partial charge < -0.3 is 5.11 Å². The van der Waals surface area contributed by atoms with E-state index in [2.05, 4.69) is 10.4 Å². The van der Waals surface area contributed by atoms with Crippen LogP contribution in [0.25, 0.3) is 0 Å². The standard InChI is InChI=1S/C13H19F2N3O2.C3H5F3/c1-7-9(8-5-13(14,15)6-8)17-18(12(2,3)4)10(7)16-11(19)20;1-2-3(4,5)6/h8,16H,5-6H2,1-4H3,(H,19,20);2H2,1H3. The van der Waals surface area contributed by atoms with Crippen molar-refractivity contribution in [3.8, 4) is 0 Å². The molecule has 0 saturated heterocycles. The molecule has 0 atom stereocenters. The number of amides is 1. The third kappa shape index (κ3) is 5.84. The molecule has 2 rings (SSSR count). The van der Waals surface area contributed by atoms with Crippen LogP contribution in [0.1, 0.15) is 64.1 Å². The number of anilines is 1. The van der Waals surface area contributed by atoms with Gasteiger partial charge in [-0.25, -0.2) is 18.3 Å². The fourth-order valence-corrected chi connectivity index (χ4v) is 2.49. The van der Waals surface area contributed by atoms with Gasteiger partial charge >= 0.3 is 12.3 Å². The van der Waals surface area contributed by atoms with Crippen LogP contribution >= 0.6 is 0 Å². The van der Waals surface area contributed by atoms with E-state index in [1.807, 2.05) is 20.8 Å². The van der Waals surface area contributed by atoms with E-state index in [0.29, 0.717) is 17.1 Å². The van der Waals surface area contributed by atoms with Crippen molar-refractivity contribution in [2.75, 3.05) is 5.32 Å². The summed E-state index contributed by atoms with van der Waals surface area (Å²) in [6.45, 7) is 8.44. The highest BCUT2D eigenvalue weighted by Gasteiger charge is 2.48. The summed E-state index contributed by atoms with van der Waals surface area (Å²) in [6, 6.07) is 0. The van der Waals surface area contributed by atoms with Gasteiger partial charge in [0.05, 0.1) is 11.2 Å². The second kappa shape index (κ2) is 7.40. The summed E-state index contributed by atoms with van der Waals surface area (Å²) < 4.78 is 59.9. The van der Waals surface area contributed by atoms with Gasteiger partial charge in [0.25, 0.3) is 0 Å². The molecule has 26 heavy (non-hydrogen) atoms. The molecule has 1 aromatic rings. The van der Waals surface area contributed by atoms with Gasteiger partial charge in [-0.1, -0.05) is 6.92 Å². The van der Waals surface area contributed by atoms with E-state index in [4.69, 9.17) is 5.11 Å². The van der Waals surface area contributed by atoms with Gasteiger partial charge in [0.2, 0.25) is 5.92 Å². The van der Waals surface area contributed by atoms with Gasteiger partial charge in [-0.3, -0.25) is 5.32 Å². The third-order valence-corrected chi connectivity index (χ3v) is 3.90. The lowest BCUT2D eigenvalue weighted by molar-refractivity contribution is -0.130. The van der Waals surface area contributed by atoms with Crippen molar-refractivity contribution in [3.05, 3.63) is 11.3 Å². The van der Waals surface area contributed by atoms with Crippen molar-refractivity contribution in [2.24, 2.45) is 0 Å². The molecular formula is C16H24F5N3O2. The minimum Gasteiger partial charge on any atom is -0.465 e. The number of nitrogens with zero attached hydrogens (tertiary/aromatic N) is 2. The minimum atomic E-state index is -3.96. The fraction of sp³-hybridized carbons (Fsp3) is 0.750. The Morgan fingerprint density at radius 1 is 1.31 bits per heavy atom. The molecular weight excluding hydrogens is 361 g/mol. The Bertz CT molecular complexity index is 640. The van der Waals surface area contributed by atoms with E-state index in [-0.39, 0.29) is 18.8 Å². The molecule has 2 N–H and O–H groups in total. The van der Waals surface area contributed by atoms with Gasteiger partial charge in [-0.2, -0.15) is 18.3 Å². The van der Waals surface area contributed by atoms with Gasteiger partial charge in [-0.15, -0.1) is 0 Å². The van der Waals surface area contributed by atoms with E-state index in [1.165, 1.54) is 0 Å². The Morgan fingerprint density at radius 2 is 1.77 bits per heavy atom. The molecule has 1 aromatic heterocycles. The predicted octanol–water partition coefficient (Wildman–Crippen LogP) is 5.51. The Labute approximate surface area is 148 Å². The molecule has 1 heterocycles. The molecule has 1 saturated carbocycles. The summed E-state index contributed by atoms with van der Waals surface area (Å²) in [6.07, 6.45) is -6.32. The number of carboxylic acid groups (broad SMARTS) is 1. The number of hydrogen-bond acceptors (Lipinski definition) is 2. The second-order valence-corrected chi connectivity index (χ2v) is 7.30. The van der Waals surface area contributed by atoms with E-state index in [1.54, 1.807) is 11.6 Å². The van der Waals surface area contributed by atoms with Crippen molar-refractivity contribution in [1.82, 2.24) is 9.78 Å². The lowest BCUT2D eigenvalue weighted by atomic mass is 9.78. The maximum atomic E-state index is 13.0. The van der Waals surface area contributed by atoms with Crippen LogP contribution in [0, 0.1) is 6.92 Å². The van der Waals surface area contributed by atoms with Crippen LogP contribution in [0.4, 0.5) is 32.6 Å². The number of hydrogen-bond donors (Lipinski definition) is 2. The summed E-state index contributed by atoms with van der Waals surface area (Å²) in [5, 5.41) is 15.6. The van der Waals surface area contributed by atoms with Crippen molar-refractivity contribution in [2.45, 2.75) is 77.4 Å². The van der Waals surface area contributed by atoms with Crippen LogP contribution in [0.2, 0.25) is 0 Å². The van der Waals surface area contributed by atoms with Gasteiger partial charge in [0.15, 0.2) is 0 Å². The first-order valence-electron chi connectivity index (χ1n) is 8.12. The number of carbonyl (C=O) groups is 1. The van der Waals surface area contributed by atoms with Crippen LogP contribution in [-0.2, 0) is 5.54 Å². The lowest BCUT2D eigenvalue weighted by Crippen LogP contribution is -2.34. The van der Waals surface area contributed by atoms with Crippen molar-refractivity contribution in [3.63, 3.8) is 0 Å². The Balaban J connectivity index is 0.000000487. The summed E-state index contributed by atoms with van der Waals surface area (Å²) >= 11 is 0. The predicted molar refractivity (Wildman–Crippen MR) is 86.9 cm³/mol. The molecule has 1 aliphatic carbocycles. The zero-order valence-electron chi connectivity index (χ0n) is 15.3. The summed E-state index contributed by atoms with van der Waals surface area (Å²) in [4.78, 5) is 10.9. The maximum Gasteiger partial charge on any atom is 0.410 e. The number of halogens is 5. The van der Waals surface area contributed by atoms with E-state index in [9.17, 15) is 26.7 Å². The smallest absolute Gasteiger partial charge is 0.410 e. The van der Waals surface area contributed by atoms with E-state index < -0.39 is 30.2 Å². The van der Waals surface area contributed by atoms with Crippen molar-refractivity contribution >= 4 is 11.9 Å². The monoisotopic (exact) mass is 385 g/mol. The normalized spacial score (nSPS) is 17.2. The van der Waals surface area contributed by atoms with Gasteiger partial charge in [-0.05, 0) is 27.7 Å². The quantitative estimate of drug-likeness (QED) is 0.660. The van der Waals surface area contributed by atoms with Crippen LogP contribution in [0.15, 0.2) is 0 Å². The van der Waals surface area contributed by atoms with Crippen molar-refractivity contribution in [1.29, 1.82) is 0 Å². The molecule has 0 aliphatic heterocycles. The zero-order valence-corrected chi connectivity index (χ0v) is 15.3. The molecule has 1 fully saturated rings. The molecule has 0 spiro atoms. The fourth-order valence-electron chi connectivity index (χ4n) is 2.49. The number of aromatic nitrogens is 2. The largest absolute Gasteiger partial charge is 0.465 e. The highest BCUT2D eigenvalue weighted by molar-refractivity contribution is 5.83. The average molecular weight is 385 g/mol.